The third-order valence-electron chi connectivity index (χ3n) is 4.95. The van der Waals surface area contributed by atoms with Crippen LogP contribution in [0.25, 0.3) is 11.4 Å². The summed E-state index contributed by atoms with van der Waals surface area (Å²) >= 11 is 0. The SMILES string of the molecule is C.CC[N+](CC)(CC)CCCOc1ccc(-c2ncc(C)cn2)cc1. The van der Waals surface area contributed by atoms with Crippen molar-refractivity contribution in [1.29, 1.82) is 0 Å². The van der Waals surface area contributed by atoms with Crippen LogP contribution in [0.15, 0.2) is 36.7 Å². The number of aromatic nitrogens is 2. The summed E-state index contributed by atoms with van der Waals surface area (Å²) in [6.45, 7) is 14.3. The predicted octanol–water partition coefficient (Wildman–Crippen LogP) is 4.73. The van der Waals surface area contributed by atoms with Crippen LogP contribution >= 0.6 is 0 Å². The van der Waals surface area contributed by atoms with Gasteiger partial charge in [0.05, 0.1) is 32.8 Å². The molecule has 0 aliphatic rings. The molecule has 0 unspecified atom stereocenters. The van der Waals surface area contributed by atoms with E-state index in [1.54, 1.807) is 0 Å². The summed E-state index contributed by atoms with van der Waals surface area (Å²) in [5.41, 5.74) is 2.08. The highest BCUT2D eigenvalue weighted by atomic mass is 16.5. The lowest BCUT2D eigenvalue weighted by Crippen LogP contribution is -2.48. The van der Waals surface area contributed by atoms with Crippen LogP contribution < -0.4 is 4.74 Å². The molecule has 2 rings (SSSR count). The highest BCUT2D eigenvalue weighted by molar-refractivity contribution is 5.55. The molecule has 0 aliphatic heterocycles. The molecular weight excluding hydrogens is 310 g/mol. The van der Waals surface area contributed by atoms with Gasteiger partial charge >= 0.3 is 0 Å². The summed E-state index contributed by atoms with van der Waals surface area (Å²) < 4.78 is 7.07. The molecule has 0 atom stereocenters. The maximum atomic E-state index is 5.89. The Hall–Kier alpha value is -1.94. The Bertz CT molecular complexity index is 596. The predicted molar refractivity (Wildman–Crippen MR) is 106 cm³/mol. The lowest BCUT2D eigenvalue weighted by molar-refractivity contribution is -0.923. The first-order chi connectivity index (χ1) is 11.6. The molecule has 0 saturated carbocycles. The van der Waals surface area contributed by atoms with Crippen LogP contribution in [-0.2, 0) is 0 Å². The summed E-state index contributed by atoms with van der Waals surface area (Å²) in [4.78, 5) is 8.71. The van der Waals surface area contributed by atoms with E-state index < -0.39 is 0 Å². The average molecular weight is 345 g/mol. The number of ether oxygens (including phenoxy) is 1. The van der Waals surface area contributed by atoms with Crippen molar-refractivity contribution < 1.29 is 9.22 Å². The van der Waals surface area contributed by atoms with Crippen molar-refractivity contribution >= 4 is 0 Å². The van der Waals surface area contributed by atoms with Crippen LogP contribution in [0.3, 0.4) is 0 Å². The number of aryl methyl sites for hydroxylation is 1. The van der Waals surface area contributed by atoms with Gasteiger partial charge in [-0.3, -0.25) is 0 Å². The van der Waals surface area contributed by atoms with E-state index in [1.165, 1.54) is 30.7 Å². The van der Waals surface area contributed by atoms with Crippen LogP contribution in [0.1, 0.15) is 40.2 Å². The van der Waals surface area contributed by atoms with Gasteiger partial charge < -0.3 is 9.22 Å². The van der Waals surface area contributed by atoms with E-state index in [0.717, 1.165) is 35.7 Å². The Morgan fingerprint density at radius 2 is 1.48 bits per heavy atom. The zero-order chi connectivity index (χ0) is 17.4. The second-order valence-electron chi connectivity index (χ2n) is 6.32. The first-order valence-electron chi connectivity index (χ1n) is 8.99. The Morgan fingerprint density at radius 3 is 2.00 bits per heavy atom. The Kier molecular flexibility index (Phi) is 8.56. The van der Waals surface area contributed by atoms with Gasteiger partial charge in [0.1, 0.15) is 5.75 Å². The van der Waals surface area contributed by atoms with Crippen molar-refractivity contribution in [2.75, 3.05) is 32.8 Å². The molecule has 0 N–H and O–H groups in total. The van der Waals surface area contributed by atoms with Crippen molar-refractivity contribution in [3.63, 3.8) is 0 Å². The molecule has 138 valence electrons. The number of hydrogen-bond acceptors (Lipinski definition) is 3. The Morgan fingerprint density at radius 1 is 0.920 bits per heavy atom. The molecule has 1 aromatic carbocycles. The van der Waals surface area contributed by atoms with Gasteiger partial charge in [-0.25, -0.2) is 9.97 Å². The molecule has 0 amide bonds. The van der Waals surface area contributed by atoms with Crippen LogP contribution in [0, 0.1) is 6.92 Å². The van der Waals surface area contributed by atoms with E-state index in [0.29, 0.717) is 0 Å². The number of nitrogens with zero attached hydrogens (tertiary/aromatic N) is 3. The average Bonchev–Trinajstić information content (AvgIpc) is 2.64. The number of benzene rings is 1. The molecule has 0 radical (unpaired) electrons. The summed E-state index contributed by atoms with van der Waals surface area (Å²) in [6, 6.07) is 8.04. The molecular formula is C21H34N3O+. The normalized spacial score (nSPS) is 11.0. The van der Waals surface area contributed by atoms with Crippen LogP contribution in [0.4, 0.5) is 0 Å². The number of rotatable bonds is 9. The minimum Gasteiger partial charge on any atom is -0.493 e. The molecule has 0 bridgehead atoms. The maximum absolute atomic E-state index is 5.89. The van der Waals surface area contributed by atoms with Gasteiger partial charge in [-0.1, -0.05) is 7.43 Å². The fourth-order valence-corrected chi connectivity index (χ4v) is 2.98. The minimum atomic E-state index is 0. The smallest absolute Gasteiger partial charge is 0.159 e. The van der Waals surface area contributed by atoms with E-state index >= 15 is 0 Å². The van der Waals surface area contributed by atoms with Crippen LogP contribution in [0.2, 0.25) is 0 Å². The molecule has 0 saturated heterocycles. The fourth-order valence-electron chi connectivity index (χ4n) is 2.98. The number of quaternary nitrogens is 1. The van der Waals surface area contributed by atoms with Gasteiger partial charge in [0.15, 0.2) is 5.82 Å². The maximum Gasteiger partial charge on any atom is 0.159 e. The van der Waals surface area contributed by atoms with Crippen molar-refractivity contribution in [2.45, 2.75) is 41.5 Å². The zero-order valence-electron chi connectivity index (χ0n) is 15.5. The van der Waals surface area contributed by atoms with Gasteiger partial charge in [0, 0.05) is 24.4 Å². The van der Waals surface area contributed by atoms with Gasteiger partial charge in [-0.2, -0.15) is 0 Å². The van der Waals surface area contributed by atoms with Gasteiger partial charge in [-0.05, 0) is 57.5 Å². The molecule has 1 heterocycles. The third-order valence-corrected chi connectivity index (χ3v) is 4.95. The molecule has 0 fully saturated rings. The third kappa shape index (κ3) is 5.82. The van der Waals surface area contributed by atoms with Crippen LogP contribution in [0.5, 0.6) is 5.75 Å². The molecule has 4 heteroatoms. The second kappa shape index (κ2) is 10.1. The molecule has 4 nitrogen and oxygen atoms in total. The molecule has 1 aromatic heterocycles. The Balaban J connectivity index is 0.00000312. The van der Waals surface area contributed by atoms with E-state index in [4.69, 9.17) is 4.74 Å². The summed E-state index contributed by atoms with van der Waals surface area (Å²) in [5.74, 6) is 1.66. The lowest BCUT2D eigenvalue weighted by Gasteiger charge is -2.35. The molecule has 0 aliphatic carbocycles. The zero-order valence-corrected chi connectivity index (χ0v) is 15.5. The first-order valence-corrected chi connectivity index (χ1v) is 8.99. The summed E-state index contributed by atoms with van der Waals surface area (Å²) in [6.07, 6.45) is 4.76. The molecule has 2 aromatic rings. The summed E-state index contributed by atoms with van der Waals surface area (Å²) in [5, 5.41) is 0. The Labute approximate surface area is 153 Å². The fraction of sp³-hybridized carbons (Fsp3) is 0.524. The van der Waals surface area contributed by atoms with Crippen molar-refractivity contribution in [1.82, 2.24) is 9.97 Å². The highest BCUT2D eigenvalue weighted by Crippen LogP contribution is 2.19. The second-order valence-corrected chi connectivity index (χ2v) is 6.32. The number of hydrogen-bond donors (Lipinski definition) is 0. The monoisotopic (exact) mass is 344 g/mol. The minimum absolute atomic E-state index is 0. The van der Waals surface area contributed by atoms with Crippen molar-refractivity contribution in [3.05, 3.63) is 42.2 Å². The van der Waals surface area contributed by atoms with E-state index in [-0.39, 0.29) is 7.43 Å². The van der Waals surface area contributed by atoms with Crippen molar-refractivity contribution in [3.8, 4) is 17.1 Å². The first kappa shape index (κ1) is 21.1. The quantitative estimate of drug-likeness (QED) is 0.487. The highest BCUT2D eigenvalue weighted by Gasteiger charge is 2.19. The van der Waals surface area contributed by atoms with E-state index in [1.807, 2.05) is 43.6 Å². The lowest BCUT2D eigenvalue weighted by atomic mass is 10.2. The van der Waals surface area contributed by atoms with Crippen molar-refractivity contribution in [2.24, 2.45) is 0 Å². The molecule has 0 spiro atoms. The van der Waals surface area contributed by atoms with Gasteiger partial charge in [0.25, 0.3) is 0 Å². The largest absolute Gasteiger partial charge is 0.493 e. The van der Waals surface area contributed by atoms with E-state index in [2.05, 4.69) is 30.7 Å². The summed E-state index contributed by atoms with van der Waals surface area (Å²) in [7, 11) is 0. The van der Waals surface area contributed by atoms with E-state index in [9.17, 15) is 0 Å². The van der Waals surface area contributed by atoms with Crippen LogP contribution in [-0.4, -0.2) is 47.2 Å². The standard InChI is InChI=1S/C20H30N3O.CH4/c1-5-23(6-2,7-3)13-8-14-24-19-11-9-18(10-12-19)20-21-15-17(4)16-22-20;/h9-12,15-16H,5-8,13-14H2,1-4H3;1H4/q+1;. The molecule has 25 heavy (non-hydrogen) atoms. The van der Waals surface area contributed by atoms with Gasteiger partial charge in [-0.15, -0.1) is 0 Å². The topological polar surface area (TPSA) is 35.0 Å². The van der Waals surface area contributed by atoms with Gasteiger partial charge in [0.2, 0.25) is 0 Å².